The smallest absolute Gasteiger partial charge is 0.336 e. The van der Waals surface area contributed by atoms with Crippen molar-refractivity contribution >= 4 is 22.6 Å². The molecule has 0 spiro atoms. The van der Waals surface area contributed by atoms with Gasteiger partial charge >= 0.3 is 5.63 Å². The maximum Gasteiger partial charge on any atom is 0.336 e. The number of aryl methyl sites for hydroxylation is 1. The Bertz CT molecular complexity index is 712. The standard InChI is InChI=1S/C18H23NO3/c1-4-6-13(7-5-2)18(21)19-14-8-9-15-12(3)10-17(20)22-16(15)11-14/h8-11,13H,4-7H2,1-3H3,(H,19,21). The zero-order valence-electron chi connectivity index (χ0n) is 13.4. The maximum absolute atomic E-state index is 12.4. The van der Waals surface area contributed by atoms with Gasteiger partial charge in [0.2, 0.25) is 5.91 Å². The van der Waals surface area contributed by atoms with Crippen molar-refractivity contribution in [3.05, 3.63) is 40.2 Å². The van der Waals surface area contributed by atoms with E-state index in [1.54, 1.807) is 6.07 Å². The molecule has 2 aromatic rings. The van der Waals surface area contributed by atoms with Crippen molar-refractivity contribution in [3.63, 3.8) is 0 Å². The molecule has 22 heavy (non-hydrogen) atoms. The lowest BCUT2D eigenvalue weighted by Crippen LogP contribution is -2.22. The molecule has 1 N–H and O–H groups in total. The number of carbonyl (C=O) groups excluding carboxylic acids is 1. The molecule has 0 unspecified atom stereocenters. The largest absolute Gasteiger partial charge is 0.423 e. The maximum atomic E-state index is 12.4. The highest BCUT2D eigenvalue weighted by Gasteiger charge is 2.17. The van der Waals surface area contributed by atoms with Crippen LogP contribution >= 0.6 is 0 Å². The second kappa shape index (κ2) is 7.25. The number of fused-ring (bicyclic) bond motifs is 1. The van der Waals surface area contributed by atoms with Gasteiger partial charge in [0, 0.05) is 29.1 Å². The first-order valence-corrected chi connectivity index (χ1v) is 7.90. The first kappa shape index (κ1) is 16.3. The summed E-state index contributed by atoms with van der Waals surface area (Å²) >= 11 is 0. The molecule has 0 radical (unpaired) electrons. The van der Waals surface area contributed by atoms with Crippen molar-refractivity contribution in [2.24, 2.45) is 5.92 Å². The van der Waals surface area contributed by atoms with Crippen molar-refractivity contribution in [2.75, 3.05) is 5.32 Å². The topological polar surface area (TPSA) is 59.3 Å². The van der Waals surface area contributed by atoms with Crippen molar-refractivity contribution in [3.8, 4) is 0 Å². The Morgan fingerprint density at radius 1 is 1.18 bits per heavy atom. The lowest BCUT2D eigenvalue weighted by atomic mass is 9.97. The molecule has 0 saturated heterocycles. The fraction of sp³-hybridized carbons (Fsp3) is 0.444. The van der Waals surface area contributed by atoms with E-state index in [1.165, 1.54) is 6.07 Å². The van der Waals surface area contributed by atoms with Gasteiger partial charge in [-0.1, -0.05) is 26.7 Å². The second-order valence-corrected chi connectivity index (χ2v) is 5.72. The van der Waals surface area contributed by atoms with E-state index in [0.717, 1.165) is 36.6 Å². The Morgan fingerprint density at radius 2 is 1.86 bits per heavy atom. The molecule has 1 heterocycles. The number of hydrogen-bond acceptors (Lipinski definition) is 3. The van der Waals surface area contributed by atoms with Gasteiger partial charge in [-0.3, -0.25) is 4.79 Å². The van der Waals surface area contributed by atoms with Gasteiger partial charge in [0.25, 0.3) is 0 Å². The predicted octanol–water partition coefficient (Wildman–Crippen LogP) is 4.26. The van der Waals surface area contributed by atoms with Crippen LogP contribution in [0.2, 0.25) is 0 Å². The normalized spacial score (nSPS) is 11.1. The van der Waals surface area contributed by atoms with Gasteiger partial charge in [-0.05, 0) is 37.5 Å². The summed E-state index contributed by atoms with van der Waals surface area (Å²) in [6.07, 6.45) is 3.76. The number of carbonyl (C=O) groups is 1. The SMILES string of the molecule is CCCC(CCC)C(=O)Nc1ccc2c(C)cc(=O)oc2c1. The van der Waals surface area contributed by atoms with Crippen molar-refractivity contribution in [1.82, 2.24) is 0 Å². The van der Waals surface area contributed by atoms with Gasteiger partial charge in [-0.15, -0.1) is 0 Å². The minimum absolute atomic E-state index is 0.0372. The van der Waals surface area contributed by atoms with Crippen LogP contribution in [0.4, 0.5) is 5.69 Å². The van der Waals surface area contributed by atoms with E-state index in [2.05, 4.69) is 19.2 Å². The van der Waals surface area contributed by atoms with E-state index in [9.17, 15) is 9.59 Å². The highest BCUT2D eigenvalue weighted by atomic mass is 16.4. The Hall–Kier alpha value is -2.10. The van der Waals surface area contributed by atoms with Gasteiger partial charge in [-0.25, -0.2) is 4.79 Å². The number of hydrogen-bond donors (Lipinski definition) is 1. The molecule has 0 aliphatic carbocycles. The van der Waals surface area contributed by atoms with Crippen molar-refractivity contribution in [1.29, 1.82) is 0 Å². The van der Waals surface area contributed by atoms with Gasteiger partial charge in [0.05, 0.1) is 0 Å². The molecule has 4 nitrogen and oxygen atoms in total. The predicted molar refractivity (Wildman–Crippen MR) is 89.2 cm³/mol. The molecule has 0 bridgehead atoms. The minimum Gasteiger partial charge on any atom is -0.423 e. The Kier molecular flexibility index (Phi) is 5.36. The minimum atomic E-state index is -0.372. The molecule has 0 aliphatic heterocycles. The molecule has 1 aromatic heterocycles. The van der Waals surface area contributed by atoms with E-state index < -0.39 is 0 Å². The average molecular weight is 301 g/mol. The summed E-state index contributed by atoms with van der Waals surface area (Å²) in [5.74, 6) is 0.0771. The van der Waals surface area contributed by atoms with E-state index >= 15 is 0 Å². The van der Waals surface area contributed by atoms with E-state index in [-0.39, 0.29) is 17.5 Å². The molecule has 4 heteroatoms. The summed E-state index contributed by atoms with van der Waals surface area (Å²) in [6.45, 7) is 6.04. The number of rotatable bonds is 6. The van der Waals surface area contributed by atoms with Crippen LogP contribution in [0, 0.1) is 12.8 Å². The van der Waals surface area contributed by atoms with Crippen LogP contribution < -0.4 is 10.9 Å². The fourth-order valence-electron chi connectivity index (χ4n) is 2.75. The fourth-order valence-corrected chi connectivity index (χ4v) is 2.75. The van der Waals surface area contributed by atoms with Gasteiger partial charge in [0.15, 0.2) is 0 Å². The summed E-state index contributed by atoms with van der Waals surface area (Å²) in [7, 11) is 0. The molecular formula is C18H23NO3. The first-order chi connectivity index (χ1) is 10.5. The molecular weight excluding hydrogens is 278 g/mol. The molecule has 118 valence electrons. The summed E-state index contributed by atoms with van der Waals surface area (Å²) in [4.78, 5) is 23.8. The molecule has 0 saturated carbocycles. The second-order valence-electron chi connectivity index (χ2n) is 5.72. The summed E-state index contributed by atoms with van der Waals surface area (Å²) in [5.41, 5.74) is 1.68. The summed E-state index contributed by atoms with van der Waals surface area (Å²) in [5, 5.41) is 3.83. The molecule has 1 amide bonds. The number of nitrogens with one attached hydrogen (secondary N) is 1. The molecule has 0 atom stereocenters. The van der Waals surface area contributed by atoms with Crippen molar-refractivity contribution in [2.45, 2.75) is 46.5 Å². The van der Waals surface area contributed by atoms with Crippen LogP contribution in [0.25, 0.3) is 11.0 Å². The van der Waals surface area contributed by atoms with Crippen molar-refractivity contribution < 1.29 is 9.21 Å². The molecule has 0 fully saturated rings. The lowest BCUT2D eigenvalue weighted by Gasteiger charge is -2.15. The van der Waals surface area contributed by atoms with E-state index in [0.29, 0.717) is 11.3 Å². The van der Waals surface area contributed by atoms with Crippen LogP contribution in [0.15, 0.2) is 33.5 Å². The summed E-state index contributed by atoms with van der Waals surface area (Å²) < 4.78 is 5.21. The third kappa shape index (κ3) is 3.75. The molecule has 0 aliphatic rings. The van der Waals surface area contributed by atoms with Crippen LogP contribution in [-0.2, 0) is 4.79 Å². The number of amides is 1. The monoisotopic (exact) mass is 301 g/mol. The first-order valence-electron chi connectivity index (χ1n) is 7.90. The quantitative estimate of drug-likeness (QED) is 0.811. The third-order valence-electron chi connectivity index (χ3n) is 3.86. The molecule has 1 aromatic carbocycles. The zero-order valence-corrected chi connectivity index (χ0v) is 13.4. The highest BCUT2D eigenvalue weighted by Crippen LogP contribution is 2.22. The molecule has 2 rings (SSSR count). The summed E-state index contributed by atoms with van der Waals surface area (Å²) in [6, 6.07) is 6.91. The van der Waals surface area contributed by atoms with Crippen LogP contribution in [0.1, 0.15) is 45.1 Å². The Balaban J connectivity index is 2.24. The van der Waals surface area contributed by atoms with Crippen LogP contribution in [0.5, 0.6) is 0 Å². The van der Waals surface area contributed by atoms with Gasteiger partial charge in [-0.2, -0.15) is 0 Å². The third-order valence-corrected chi connectivity index (χ3v) is 3.86. The lowest BCUT2D eigenvalue weighted by molar-refractivity contribution is -0.120. The van der Waals surface area contributed by atoms with Gasteiger partial charge < -0.3 is 9.73 Å². The number of anilines is 1. The average Bonchev–Trinajstić information content (AvgIpc) is 2.46. The highest BCUT2D eigenvalue weighted by molar-refractivity contribution is 5.94. The Labute approximate surface area is 130 Å². The van der Waals surface area contributed by atoms with Crippen LogP contribution in [-0.4, -0.2) is 5.91 Å². The van der Waals surface area contributed by atoms with E-state index in [1.807, 2.05) is 19.1 Å². The zero-order chi connectivity index (χ0) is 16.1. The Morgan fingerprint density at radius 3 is 2.50 bits per heavy atom. The number of benzene rings is 1. The van der Waals surface area contributed by atoms with Gasteiger partial charge in [0.1, 0.15) is 5.58 Å². The van der Waals surface area contributed by atoms with E-state index in [4.69, 9.17) is 4.42 Å². The van der Waals surface area contributed by atoms with Crippen LogP contribution in [0.3, 0.4) is 0 Å².